The van der Waals surface area contributed by atoms with Gasteiger partial charge in [0.25, 0.3) is 5.89 Å². The molecule has 0 unspecified atom stereocenters. The number of carbonyl (C=O) groups is 1. The van der Waals surface area contributed by atoms with Gasteiger partial charge in [0.15, 0.2) is 5.82 Å². The van der Waals surface area contributed by atoms with Gasteiger partial charge in [-0.05, 0) is 45.4 Å². The number of rotatable bonds is 4. The molecule has 2 saturated heterocycles. The summed E-state index contributed by atoms with van der Waals surface area (Å²) in [4.78, 5) is 23.4. The monoisotopic (exact) mass is 401 g/mol. The molecule has 2 aliphatic heterocycles. The molecule has 0 saturated carbocycles. The summed E-state index contributed by atoms with van der Waals surface area (Å²) < 4.78 is 19.9. The van der Waals surface area contributed by atoms with E-state index in [4.69, 9.17) is 4.52 Å². The number of hydrogen-bond donors (Lipinski definition) is 0. The Morgan fingerprint density at radius 2 is 1.97 bits per heavy atom. The molecular formula is C21H28FN5O2. The number of halogens is 1. The fraction of sp³-hybridized carbons (Fsp3) is 0.571. The zero-order valence-corrected chi connectivity index (χ0v) is 17.3. The number of amides is 1. The minimum atomic E-state index is -0.336. The molecule has 0 bridgehead atoms. The van der Waals surface area contributed by atoms with Gasteiger partial charge in [-0.25, -0.2) is 4.39 Å². The summed E-state index contributed by atoms with van der Waals surface area (Å²) in [6.07, 6.45) is 0.757. The van der Waals surface area contributed by atoms with E-state index in [-0.39, 0.29) is 17.6 Å². The third kappa shape index (κ3) is 4.12. The van der Waals surface area contributed by atoms with Gasteiger partial charge in [-0.3, -0.25) is 9.69 Å². The third-order valence-corrected chi connectivity index (χ3v) is 5.96. The minimum absolute atomic E-state index is 0.0710. The first-order valence-corrected chi connectivity index (χ1v) is 10.3. The zero-order valence-electron chi connectivity index (χ0n) is 17.3. The number of hydrogen-bond acceptors (Lipinski definition) is 6. The molecule has 1 amide bonds. The Morgan fingerprint density at radius 1 is 1.21 bits per heavy atom. The summed E-state index contributed by atoms with van der Waals surface area (Å²) in [5.74, 6) is 0.618. The maximum atomic E-state index is 14.8. The average Bonchev–Trinajstić information content (AvgIpc) is 3.37. The van der Waals surface area contributed by atoms with Crippen LogP contribution in [-0.2, 0) is 4.79 Å². The van der Waals surface area contributed by atoms with Crippen molar-refractivity contribution in [3.63, 3.8) is 0 Å². The molecule has 7 nitrogen and oxygen atoms in total. The van der Waals surface area contributed by atoms with E-state index in [9.17, 15) is 9.18 Å². The summed E-state index contributed by atoms with van der Waals surface area (Å²) in [6, 6.07) is 5.45. The largest absolute Gasteiger partial charge is 0.368 e. The topological polar surface area (TPSA) is 65.7 Å². The molecular weight excluding hydrogens is 373 g/mol. The number of anilines is 1. The van der Waals surface area contributed by atoms with Crippen LogP contribution in [0.1, 0.15) is 26.1 Å². The second kappa shape index (κ2) is 8.10. The van der Waals surface area contributed by atoms with Gasteiger partial charge in [0.05, 0.1) is 11.6 Å². The van der Waals surface area contributed by atoms with Crippen molar-refractivity contribution < 1.29 is 13.7 Å². The normalized spacial score (nSPS) is 20.7. The first-order chi connectivity index (χ1) is 13.9. The summed E-state index contributed by atoms with van der Waals surface area (Å²) in [5, 5.41) is 3.75. The van der Waals surface area contributed by atoms with Gasteiger partial charge in [-0.15, -0.1) is 0 Å². The molecule has 8 heteroatoms. The zero-order chi connectivity index (χ0) is 20.5. The second-order valence-electron chi connectivity index (χ2n) is 8.20. The number of nitrogens with zero attached hydrogens (tertiary/aromatic N) is 5. The van der Waals surface area contributed by atoms with E-state index in [1.165, 1.54) is 6.07 Å². The maximum absolute atomic E-state index is 14.8. The number of aromatic nitrogens is 2. The van der Waals surface area contributed by atoms with Crippen LogP contribution >= 0.6 is 0 Å². The highest BCUT2D eigenvalue weighted by Crippen LogP contribution is 2.30. The lowest BCUT2D eigenvalue weighted by molar-refractivity contribution is -0.136. The molecule has 0 N–H and O–H groups in total. The van der Waals surface area contributed by atoms with Crippen LogP contribution in [0.25, 0.3) is 11.5 Å². The SMILES string of the molecule is Cc1noc(-c2ccc(N3CC[C@H](C(=O)N4CCN(C(C)C)CC4)C3)c(F)c2)n1. The van der Waals surface area contributed by atoms with E-state index in [1.54, 1.807) is 19.1 Å². The number of carbonyl (C=O) groups excluding carboxylic acids is 1. The third-order valence-electron chi connectivity index (χ3n) is 5.96. The Hall–Kier alpha value is -2.48. The van der Waals surface area contributed by atoms with Gasteiger partial charge in [-0.1, -0.05) is 5.16 Å². The first-order valence-electron chi connectivity index (χ1n) is 10.3. The molecule has 4 rings (SSSR count). The molecule has 2 aromatic rings. The van der Waals surface area contributed by atoms with Crippen molar-refractivity contribution >= 4 is 11.6 Å². The molecule has 0 aliphatic carbocycles. The van der Waals surface area contributed by atoms with Crippen LogP contribution in [0.5, 0.6) is 0 Å². The number of piperazine rings is 1. The van der Waals surface area contributed by atoms with Crippen molar-refractivity contribution in [3.8, 4) is 11.5 Å². The molecule has 1 aromatic heterocycles. The van der Waals surface area contributed by atoms with Crippen LogP contribution in [-0.4, -0.2) is 71.2 Å². The van der Waals surface area contributed by atoms with Gasteiger partial charge in [0.2, 0.25) is 5.91 Å². The molecule has 0 radical (unpaired) electrons. The molecule has 3 heterocycles. The summed E-state index contributed by atoms with van der Waals surface area (Å²) in [6.45, 7) is 10.7. The predicted molar refractivity (Wildman–Crippen MR) is 108 cm³/mol. The standard InChI is InChI=1S/C21H28FN5O2/c1-14(2)25-8-10-26(11-9-25)21(28)17-6-7-27(13-17)19-5-4-16(12-18(19)22)20-23-15(3)24-29-20/h4-5,12,14,17H,6-11,13H2,1-3H3/t17-/m0/s1. The highest BCUT2D eigenvalue weighted by molar-refractivity contribution is 5.80. The van der Waals surface area contributed by atoms with Crippen molar-refractivity contribution in [2.45, 2.75) is 33.2 Å². The quantitative estimate of drug-likeness (QED) is 0.785. The molecule has 2 aliphatic rings. The van der Waals surface area contributed by atoms with Gasteiger partial charge < -0.3 is 14.3 Å². The lowest BCUT2D eigenvalue weighted by Crippen LogP contribution is -2.52. The van der Waals surface area contributed by atoms with Crippen LogP contribution in [0.4, 0.5) is 10.1 Å². The summed E-state index contributed by atoms with van der Waals surface area (Å²) >= 11 is 0. The highest BCUT2D eigenvalue weighted by Gasteiger charge is 2.34. The van der Waals surface area contributed by atoms with E-state index in [0.29, 0.717) is 42.1 Å². The Balaban J connectivity index is 1.39. The van der Waals surface area contributed by atoms with Crippen LogP contribution in [0.15, 0.2) is 22.7 Å². The van der Waals surface area contributed by atoms with Crippen molar-refractivity contribution in [3.05, 3.63) is 29.8 Å². The van der Waals surface area contributed by atoms with Crippen molar-refractivity contribution in [2.24, 2.45) is 5.92 Å². The lowest BCUT2D eigenvalue weighted by atomic mass is 10.1. The van der Waals surface area contributed by atoms with E-state index >= 15 is 0 Å². The van der Waals surface area contributed by atoms with E-state index in [2.05, 4.69) is 28.9 Å². The molecule has 0 spiro atoms. The highest BCUT2D eigenvalue weighted by atomic mass is 19.1. The molecule has 1 atom stereocenters. The van der Waals surface area contributed by atoms with Crippen molar-refractivity contribution in [2.75, 3.05) is 44.2 Å². The van der Waals surface area contributed by atoms with Gasteiger partial charge in [0.1, 0.15) is 5.82 Å². The summed E-state index contributed by atoms with van der Waals surface area (Å²) in [5.41, 5.74) is 1.08. The minimum Gasteiger partial charge on any atom is -0.368 e. The molecule has 2 fully saturated rings. The van der Waals surface area contributed by atoms with E-state index in [0.717, 1.165) is 32.6 Å². The lowest BCUT2D eigenvalue weighted by Gasteiger charge is -2.37. The maximum Gasteiger partial charge on any atom is 0.258 e. The van der Waals surface area contributed by atoms with E-state index in [1.807, 2.05) is 9.80 Å². The molecule has 29 heavy (non-hydrogen) atoms. The van der Waals surface area contributed by atoms with Gasteiger partial charge >= 0.3 is 0 Å². The number of aryl methyl sites for hydroxylation is 1. The predicted octanol–water partition coefficient (Wildman–Crippen LogP) is 2.56. The molecule has 1 aromatic carbocycles. The number of benzene rings is 1. The van der Waals surface area contributed by atoms with Gasteiger partial charge in [0, 0.05) is 50.9 Å². The Bertz CT molecular complexity index is 876. The Labute approximate surface area is 170 Å². The van der Waals surface area contributed by atoms with E-state index < -0.39 is 0 Å². The fourth-order valence-electron chi connectivity index (χ4n) is 4.21. The smallest absolute Gasteiger partial charge is 0.258 e. The second-order valence-corrected chi connectivity index (χ2v) is 8.20. The van der Waals surface area contributed by atoms with Crippen LogP contribution in [0, 0.1) is 18.7 Å². The van der Waals surface area contributed by atoms with Crippen LogP contribution < -0.4 is 4.90 Å². The Kier molecular flexibility index (Phi) is 5.54. The summed E-state index contributed by atoms with van der Waals surface area (Å²) in [7, 11) is 0. The van der Waals surface area contributed by atoms with Crippen molar-refractivity contribution in [1.29, 1.82) is 0 Å². The first kappa shape index (κ1) is 19.8. The van der Waals surface area contributed by atoms with Crippen molar-refractivity contribution in [1.82, 2.24) is 19.9 Å². The Morgan fingerprint density at radius 3 is 2.59 bits per heavy atom. The fourth-order valence-corrected chi connectivity index (χ4v) is 4.21. The van der Waals surface area contributed by atoms with Crippen LogP contribution in [0.2, 0.25) is 0 Å². The average molecular weight is 401 g/mol. The molecule has 156 valence electrons. The van der Waals surface area contributed by atoms with Gasteiger partial charge in [-0.2, -0.15) is 4.98 Å². The van der Waals surface area contributed by atoms with Crippen LogP contribution in [0.3, 0.4) is 0 Å².